The van der Waals surface area contributed by atoms with Crippen LogP contribution in [-0.2, 0) is 12.8 Å². The van der Waals surface area contributed by atoms with Crippen molar-refractivity contribution in [1.29, 1.82) is 0 Å². The minimum atomic E-state index is -0.439. The number of nitrogens with one attached hydrogen (secondary N) is 1. The average molecular weight is 439 g/mol. The molecule has 0 spiro atoms. The summed E-state index contributed by atoms with van der Waals surface area (Å²) < 4.78 is 20.5. The minimum Gasteiger partial charge on any atom is -0.494 e. The van der Waals surface area contributed by atoms with E-state index in [2.05, 4.69) is 4.98 Å². The highest BCUT2D eigenvalue weighted by atomic mass is 19.1. The number of methoxy groups -OCH3 is 1. The van der Waals surface area contributed by atoms with Crippen molar-refractivity contribution in [2.24, 2.45) is 0 Å². The Balaban J connectivity index is 1.62. The van der Waals surface area contributed by atoms with Gasteiger partial charge in [-0.25, -0.2) is 9.37 Å². The molecule has 5 rings (SSSR count). The van der Waals surface area contributed by atoms with E-state index < -0.39 is 5.82 Å². The molecular formula is C27H22FN3O2. The fourth-order valence-electron chi connectivity index (χ4n) is 3.99. The zero-order chi connectivity index (χ0) is 22.8. The third kappa shape index (κ3) is 4.15. The van der Waals surface area contributed by atoms with Gasteiger partial charge in [0, 0.05) is 19.0 Å². The standard InChI is InChI=1S/C27H22FN3O2/c1-33-25-16-19(12-13-21(25)28)15-23-27(32)31-17-24(20-10-6-3-7-11-20)29-22(26(31)30-23)14-18-8-4-2-5-9-18/h2-13,16-17,29H,14-15H2,1H3. The lowest BCUT2D eigenvalue weighted by molar-refractivity contribution is 0.386. The Kier molecular flexibility index (Phi) is 5.48. The molecular weight excluding hydrogens is 417 g/mol. The number of rotatable bonds is 6. The van der Waals surface area contributed by atoms with E-state index in [0.29, 0.717) is 17.9 Å². The van der Waals surface area contributed by atoms with Gasteiger partial charge >= 0.3 is 0 Å². The van der Waals surface area contributed by atoms with Gasteiger partial charge in [0.25, 0.3) is 5.56 Å². The highest BCUT2D eigenvalue weighted by Gasteiger charge is 2.20. The Morgan fingerprint density at radius 3 is 2.39 bits per heavy atom. The first-order valence-corrected chi connectivity index (χ1v) is 10.7. The van der Waals surface area contributed by atoms with E-state index in [-0.39, 0.29) is 17.7 Å². The maximum atomic E-state index is 13.8. The number of imidazole rings is 1. The van der Waals surface area contributed by atoms with E-state index in [0.717, 1.165) is 28.1 Å². The lowest BCUT2D eigenvalue weighted by atomic mass is 10.1. The summed E-state index contributed by atoms with van der Waals surface area (Å²) in [5, 5.41) is 0. The normalized spacial score (nSPS) is 11.1. The van der Waals surface area contributed by atoms with Crippen LogP contribution in [0, 0.1) is 5.82 Å². The lowest BCUT2D eigenvalue weighted by Gasteiger charge is -2.13. The van der Waals surface area contributed by atoms with Crippen LogP contribution in [0.5, 0.6) is 5.75 Å². The van der Waals surface area contributed by atoms with Crippen LogP contribution in [0.4, 0.5) is 4.39 Å². The smallest absolute Gasteiger partial charge is 0.278 e. The molecule has 3 aromatic carbocycles. The monoisotopic (exact) mass is 439 g/mol. The number of aromatic nitrogens is 3. The number of nitrogens with zero attached hydrogens (tertiary/aromatic N) is 2. The number of halogens is 1. The molecule has 2 aliphatic heterocycles. The zero-order valence-electron chi connectivity index (χ0n) is 18.1. The van der Waals surface area contributed by atoms with Crippen LogP contribution >= 0.6 is 0 Å². The molecule has 33 heavy (non-hydrogen) atoms. The Morgan fingerprint density at radius 1 is 0.939 bits per heavy atom. The van der Waals surface area contributed by atoms with Gasteiger partial charge < -0.3 is 9.72 Å². The number of fused-ring (bicyclic) bond motifs is 1. The molecule has 0 aliphatic carbocycles. The Labute approximate surface area is 190 Å². The summed E-state index contributed by atoms with van der Waals surface area (Å²) in [5.41, 5.74) is 4.74. The molecule has 3 aromatic rings. The SMILES string of the molecule is COc1cc(Cc2nc3c(Cc4ccccc4)[nH]c(-c4ccccc4)cn-3c2=O)ccc1F. The van der Waals surface area contributed by atoms with E-state index in [1.807, 2.05) is 60.7 Å². The number of hydrogen-bond donors (Lipinski definition) is 1. The number of H-pyrrole nitrogens is 1. The van der Waals surface area contributed by atoms with Crippen LogP contribution < -0.4 is 10.3 Å². The number of benzene rings is 3. The van der Waals surface area contributed by atoms with Crippen molar-refractivity contribution in [3.05, 3.63) is 124 Å². The van der Waals surface area contributed by atoms with Gasteiger partial charge in [0.2, 0.25) is 0 Å². The first-order chi connectivity index (χ1) is 16.1. The maximum absolute atomic E-state index is 13.8. The van der Waals surface area contributed by atoms with E-state index in [4.69, 9.17) is 9.72 Å². The number of ether oxygens (including phenoxy) is 1. The maximum Gasteiger partial charge on any atom is 0.278 e. The van der Waals surface area contributed by atoms with Gasteiger partial charge in [-0.3, -0.25) is 9.36 Å². The van der Waals surface area contributed by atoms with Crippen LogP contribution in [0.1, 0.15) is 22.5 Å². The van der Waals surface area contributed by atoms with Gasteiger partial charge in [-0.05, 0) is 28.8 Å². The van der Waals surface area contributed by atoms with Crippen molar-refractivity contribution in [3.63, 3.8) is 0 Å². The van der Waals surface area contributed by atoms with Crippen LogP contribution in [0.25, 0.3) is 17.1 Å². The first kappa shape index (κ1) is 20.7. The summed E-state index contributed by atoms with van der Waals surface area (Å²) in [7, 11) is 1.42. The molecule has 5 nitrogen and oxygen atoms in total. The van der Waals surface area contributed by atoms with Crippen LogP contribution in [0.2, 0.25) is 0 Å². The van der Waals surface area contributed by atoms with Gasteiger partial charge in [0.1, 0.15) is 5.69 Å². The third-order valence-electron chi connectivity index (χ3n) is 5.64. The highest BCUT2D eigenvalue weighted by molar-refractivity contribution is 5.60. The van der Waals surface area contributed by atoms with Crippen LogP contribution in [0.15, 0.2) is 89.9 Å². The van der Waals surface area contributed by atoms with E-state index in [1.165, 1.54) is 13.2 Å². The summed E-state index contributed by atoms with van der Waals surface area (Å²) in [6.07, 6.45) is 2.68. The fourth-order valence-corrected chi connectivity index (χ4v) is 3.99. The van der Waals surface area contributed by atoms with Crippen molar-refractivity contribution < 1.29 is 9.13 Å². The summed E-state index contributed by atoms with van der Waals surface area (Å²) in [6, 6.07) is 24.5. The molecule has 2 aliphatic rings. The molecule has 0 saturated carbocycles. The molecule has 0 aromatic heterocycles. The van der Waals surface area contributed by atoms with Gasteiger partial charge in [0.15, 0.2) is 17.4 Å². The van der Waals surface area contributed by atoms with E-state index in [1.54, 1.807) is 22.9 Å². The molecule has 0 unspecified atom stereocenters. The molecule has 0 bridgehead atoms. The van der Waals surface area contributed by atoms with E-state index in [9.17, 15) is 9.18 Å². The molecule has 164 valence electrons. The quantitative estimate of drug-likeness (QED) is 0.405. The second-order valence-corrected chi connectivity index (χ2v) is 7.88. The van der Waals surface area contributed by atoms with Gasteiger partial charge in [-0.15, -0.1) is 0 Å². The van der Waals surface area contributed by atoms with Crippen molar-refractivity contribution >= 4 is 0 Å². The van der Waals surface area contributed by atoms with Gasteiger partial charge in [-0.2, -0.15) is 0 Å². The van der Waals surface area contributed by atoms with Gasteiger partial charge in [-0.1, -0.05) is 66.7 Å². The predicted octanol–water partition coefficient (Wildman–Crippen LogP) is 4.99. The lowest BCUT2D eigenvalue weighted by Crippen LogP contribution is -2.17. The Hall–Kier alpha value is -4.19. The van der Waals surface area contributed by atoms with Crippen molar-refractivity contribution in [2.45, 2.75) is 12.8 Å². The average Bonchev–Trinajstić information content (AvgIpc) is 3.17. The number of hydrogen-bond acceptors (Lipinski definition) is 3. The van der Waals surface area contributed by atoms with E-state index >= 15 is 0 Å². The molecule has 6 heteroatoms. The predicted molar refractivity (Wildman–Crippen MR) is 126 cm³/mol. The van der Waals surface area contributed by atoms with Crippen LogP contribution in [-0.4, -0.2) is 21.6 Å². The zero-order valence-corrected chi connectivity index (χ0v) is 18.1. The largest absolute Gasteiger partial charge is 0.494 e. The Bertz CT molecular complexity index is 1430. The van der Waals surface area contributed by atoms with Crippen molar-refractivity contribution in [1.82, 2.24) is 14.5 Å². The molecule has 2 heterocycles. The van der Waals surface area contributed by atoms with Crippen molar-refractivity contribution in [2.75, 3.05) is 7.11 Å². The second-order valence-electron chi connectivity index (χ2n) is 7.88. The molecule has 1 N–H and O–H groups in total. The summed E-state index contributed by atoms with van der Waals surface area (Å²) >= 11 is 0. The molecule has 0 saturated heterocycles. The molecule has 0 radical (unpaired) electrons. The summed E-state index contributed by atoms with van der Waals surface area (Å²) in [4.78, 5) is 21.5. The van der Waals surface area contributed by atoms with Crippen LogP contribution in [0.3, 0.4) is 0 Å². The molecule has 0 amide bonds. The van der Waals surface area contributed by atoms with Crippen molar-refractivity contribution in [3.8, 4) is 22.8 Å². The van der Waals surface area contributed by atoms with Gasteiger partial charge in [0.05, 0.1) is 18.5 Å². The second kappa shape index (κ2) is 8.74. The minimum absolute atomic E-state index is 0.146. The molecule has 0 fully saturated rings. The summed E-state index contributed by atoms with van der Waals surface area (Å²) in [5.74, 6) is 0.298. The summed E-state index contributed by atoms with van der Waals surface area (Å²) in [6.45, 7) is 0. The molecule has 0 atom stereocenters. The first-order valence-electron chi connectivity index (χ1n) is 10.7. The fraction of sp³-hybridized carbons (Fsp3) is 0.111. The topological polar surface area (TPSA) is 59.9 Å². The number of aromatic amines is 1. The third-order valence-corrected chi connectivity index (χ3v) is 5.64. The Morgan fingerprint density at radius 2 is 1.67 bits per heavy atom. The highest BCUT2D eigenvalue weighted by Crippen LogP contribution is 2.24.